The Morgan fingerprint density at radius 3 is 2.26 bits per heavy atom. The Morgan fingerprint density at radius 1 is 1.16 bits per heavy atom. The van der Waals surface area contributed by atoms with E-state index in [1.165, 1.54) is 7.11 Å². The van der Waals surface area contributed by atoms with Crippen LogP contribution in [0.15, 0.2) is 0 Å². The second-order valence-electron chi connectivity index (χ2n) is 4.47. The van der Waals surface area contributed by atoms with Gasteiger partial charge in [0.2, 0.25) is 0 Å². The number of rotatable bonds is 3. The van der Waals surface area contributed by atoms with Crippen molar-refractivity contribution in [2.24, 2.45) is 5.92 Å². The van der Waals surface area contributed by atoms with Gasteiger partial charge < -0.3 is 20.3 Å². The highest BCUT2D eigenvalue weighted by Crippen LogP contribution is 2.16. The topological polar surface area (TPSA) is 87.7 Å². The van der Waals surface area contributed by atoms with Crippen LogP contribution in [0.5, 0.6) is 0 Å². The quantitative estimate of drug-likeness (QED) is 0.691. The van der Waals surface area contributed by atoms with Crippen LogP contribution in [0.4, 0.5) is 4.79 Å². The fourth-order valence-corrected chi connectivity index (χ4v) is 2.01. The van der Waals surface area contributed by atoms with Crippen molar-refractivity contribution in [1.29, 1.82) is 0 Å². The Bertz CT molecular complexity index is 338. The highest BCUT2D eigenvalue weighted by Gasteiger charge is 2.24. The number of amides is 3. The van der Waals surface area contributed by atoms with E-state index in [0.29, 0.717) is 32.1 Å². The van der Waals surface area contributed by atoms with E-state index in [2.05, 4.69) is 15.4 Å². The predicted octanol–water partition coefficient (Wildman–Crippen LogP) is -0.283. The average molecular weight is 271 g/mol. The number of piperidine rings is 1. The van der Waals surface area contributed by atoms with E-state index >= 15 is 0 Å². The SMILES string of the molecule is CCNC(=O)C(=O)NCC1CCN(C(=O)OC)CC1. The summed E-state index contributed by atoms with van der Waals surface area (Å²) in [7, 11) is 1.36. The first-order chi connectivity index (χ1) is 9.08. The molecule has 2 N–H and O–H groups in total. The number of likely N-dealkylation sites (N-methyl/N-ethyl adjacent to an activating group) is 1. The van der Waals surface area contributed by atoms with Crippen LogP contribution in [0.25, 0.3) is 0 Å². The first kappa shape index (κ1) is 15.3. The van der Waals surface area contributed by atoms with Gasteiger partial charge in [-0.1, -0.05) is 0 Å². The van der Waals surface area contributed by atoms with E-state index in [9.17, 15) is 14.4 Å². The van der Waals surface area contributed by atoms with Crippen molar-refractivity contribution in [3.63, 3.8) is 0 Å². The van der Waals surface area contributed by atoms with E-state index in [-0.39, 0.29) is 6.09 Å². The summed E-state index contributed by atoms with van der Waals surface area (Å²) in [5.41, 5.74) is 0. The molecule has 3 amide bonds. The number of likely N-dealkylation sites (tertiary alicyclic amines) is 1. The molecule has 1 rings (SSSR count). The molecule has 0 aromatic rings. The highest BCUT2D eigenvalue weighted by molar-refractivity contribution is 6.35. The van der Waals surface area contributed by atoms with Crippen LogP contribution in [0.2, 0.25) is 0 Å². The molecule has 7 heteroatoms. The van der Waals surface area contributed by atoms with Crippen LogP contribution in [-0.2, 0) is 14.3 Å². The summed E-state index contributed by atoms with van der Waals surface area (Å²) in [5, 5.41) is 5.05. The molecule has 1 aliphatic heterocycles. The van der Waals surface area contributed by atoms with E-state index in [4.69, 9.17) is 0 Å². The summed E-state index contributed by atoms with van der Waals surface area (Å²) in [5.74, 6) is -0.911. The fourth-order valence-electron chi connectivity index (χ4n) is 2.01. The molecule has 1 fully saturated rings. The van der Waals surface area contributed by atoms with Gasteiger partial charge in [-0.3, -0.25) is 9.59 Å². The lowest BCUT2D eigenvalue weighted by molar-refractivity contribution is -0.139. The lowest BCUT2D eigenvalue weighted by Gasteiger charge is -2.30. The molecule has 1 heterocycles. The second-order valence-corrected chi connectivity index (χ2v) is 4.47. The molecule has 0 spiro atoms. The number of nitrogens with one attached hydrogen (secondary N) is 2. The summed E-state index contributed by atoms with van der Waals surface area (Å²) >= 11 is 0. The molecular weight excluding hydrogens is 250 g/mol. The van der Waals surface area contributed by atoms with Gasteiger partial charge in [-0.2, -0.15) is 0 Å². The number of carbonyl (C=O) groups excluding carboxylic acids is 3. The molecule has 19 heavy (non-hydrogen) atoms. The third-order valence-electron chi connectivity index (χ3n) is 3.14. The molecule has 108 valence electrons. The molecule has 1 aliphatic rings. The van der Waals surface area contributed by atoms with Crippen molar-refractivity contribution < 1.29 is 19.1 Å². The van der Waals surface area contributed by atoms with Gasteiger partial charge in [0.05, 0.1) is 7.11 Å². The zero-order valence-electron chi connectivity index (χ0n) is 11.4. The van der Waals surface area contributed by atoms with Crippen LogP contribution in [0.1, 0.15) is 19.8 Å². The number of nitrogens with zero attached hydrogens (tertiary/aromatic N) is 1. The zero-order valence-corrected chi connectivity index (χ0v) is 11.4. The van der Waals surface area contributed by atoms with Crippen LogP contribution in [0.3, 0.4) is 0 Å². The second kappa shape index (κ2) is 7.60. The third kappa shape index (κ3) is 4.76. The Labute approximate surface area is 112 Å². The molecule has 0 saturated carbocycles. The highest BCUT2D eigenvalue weighted by atomic mass is 16.5. The standard InChI is InChI=1S/C12H21N3O4/c1-3-13-10(16)11(17)14-8-9-4-6-15(7-5-9)12(18)19-2/h9H,3-8H2,1-2H3,(H,13,16)(H,14,17). The normalized spacial score (nSPS) is 15.8. The Balaban J connectivity index is 2.24. The largest absolute Gasteiger partial charge is 0.453 e. The summed E-state index contributed by atoms with van der Waals surface area (Å²) in [6.45, 7) is 3.89. The molecule has 0 aliphatic carbocycles. The van der Waals surface area contributed by atoms with Crippen molar-refractivity contribution in [2.45, 2.75) is 19.8 Å². The summed E-state index contributed by atoms with van der Waals surface area (Å²) in [6.07, 6.45) is 1.28. The van der Waals surface area contributed by atoms with Gasteiger partial charge in [-0.15, -0.1) is 0 Å². The van der Waals surface area contributed by atoms with Gasteiger partial charge in [-0.05, 0) is 25.7 Å². The maximum Gasteiger partial charge on any atom is 0.409 e. The van der Waals surface area contributed by atoms with Crippen molar-refractivity contribution in [2.75, 3.05) is 33.3 Å². The molecular formula is C12H21N3O4. The molecule has 0 unspecified atom stereocenters. The number of methoxy groups -OCH3 is 1. The van der Waals surface area contributed by atoms with Crippen molar-refractivity contribution in [3.8, 4) is 0 Å². The van der Waals surface area contributed by atoms with Crippen molar-refractivity contribution in [1.82, 2.24) is 15.5 Å². The Morgan fingerprint density at radius 2 is 1.74 bits per heavy atom. The van der Waals surface area contributed by atoms with Crippen molar-refractivity contribution in [3.05, 3.63) is 0 Å². The minimum Gasteiger partial charge on any atom is -0.453 e. The molecule has 0 aromatic heterocycles. The molecule has 0 aromatic carbocycles. The summed E-state index contributed by atoms with van der Waals surface area (Å²) in [4.78, 5) is 35.5. The van der Waals surface area contributed by atoms with Gasteiger partial charge in [-0.25, -0.2) is 4.79 Å². The smallest absolute Gasteiger partial charge is 0.409 e. The van der Waals surface area contributed by atoms with E-state index in [1.54, 1.807) is 11.8 Å². The number of ether oxygens (including phenoxy) is 1. The van der Waals surface area contributed by atoms with Gasteiger partial charge in [0.1, 0.15) is 0 Å². The number of hydrogen-bond donors (Lipinski definition) is 2. The minimum atomic E-state index is -0.602. The first-order valence-electron chi connectivity index (χ1n) is 6.47. The summed E-state index contributed by atoms with van der Waals surface area (Å²) in [6, 6.07) is 0. The van der Waals surface area contributed by atoms with Crippen molar-refractivity contribution >= 4 is 17.9 Å². The monoisotopic (exact) mass is 271 g/mol. The molecule has 0 radical (unpaired) electrons. The van der Waals surface area contributed by atoms with Crippen LogP contribution < -0.4 is 10.6 Å². The zero-order chi connectivity index (χ0) is 14.3. The van der Waals surface area contributed by atoms with E-state index < -0.39 is 11.8 Å². The molecule has 1 saturated heterocycles. The van der Waals surface area contributed by atoms with E-state index in [1.807, 2.05) is 0 Å². The third-order valence-corrected chi connectivity index (χ3v) is 3.14. The molecule has 7 nitrogen and oxygen atoms in total. The average Bonchev–Trinajstić information content (AvgIpc) is 2.44. The Kier molecular flexibility index (Phi) is 6.11. The summed E-state index contributed by atoms with van der Waals surface area (Å²) < 4.78 is 4.65. The van der Waals surface area contributed by atoms with Crippen LogP contribution in [-0.4, -0.2) is 56.1 Å². The fraction of sp³-hybridized carbons (Fsp3) is 0.750. The van der Waals surface area contributed by atoms with Crippen LogP contribution in [0, 0.1) is 5.92 Å². The van der Waals surface area contributed by atoms with E-state index in [0.717, 1.165) is 12.8 Å². The van der Waals surface area contributed by atoms with Crippen LogP contribution >= 0.6 is 0 Å². The molecule has 0 bridgehead atoms. The Hall–Kier alpha value is -1.79. The lowest BCUT2D eigenvalue weighted by Crippen LogP contribution is -2.44. The van der Waals surface area contributed by atoms with Gasteiger partial charge in [0, 0.05) is 26.2 Å². The van der Waals surface area contributed by atoms with Gasteiger partial charge in [0.15, 0.2) is 0 Å². The lowest BCUT2D eigenvalue weighted by atomic mass is 9.97. The van der Waals surface area contributed by atoms with Gasteiger partial charge >= 0.3 is 17.9 Å². The first-order valence-corrected chi connectivity index (χ1v) is 6.47. The predicted molar refractivity (Wildman–Crippen MR) is 68.4 cm³/mol. The maximum absolute atomic E-state index is 11.4. The number of hydrogen-bond acceptors (Lipinski definition) is 4. The molecule has 0 atom stereocenters. The maximum atomic E-state index is 11.4. The van der Waals surface area contributed by atoms with Gasteiger partial charge in [0.25, 0.3) is 0 Å². The number of carbonyl (C=O) groups is 3. The minimum absolute atomic E-state index is 0.291.